The Kier molecular flexibility index (Phi) is 63.8. The summed E-state index contributed by atoms with van der Waals surface area (Å²) in [5.41, 5.74) is 10.6. The summed E-state index contributed by atoms with van der Waals surface area (Å²) in [5.74, 6) is 2.95. The molecule has 5 aromatic rings. The van der Waals surface area contributed by atoms with E-state index in [-0.39, 0.29) is 85.5 Å². The molecule has 4 aliphatic carbocycles. The zero-order chi connectivity index (χ0) is 59.1. The van der Waals surface area contributed by atoms with E-state index in [2.05, 4.69) is 118 Å². The highest BCUT2D eigenvalue weighted by atomic mass is 19.2. The van der Waals surface area contributed by atoms with Crippen molar-refractivity contribution in [3.63, 3.8) is 0 Å². The maximum atomic E-state index is 12.6. The van der Waals surface area contributed by atoms with Gasteiger partial charge in [-0.25, -0.2) is 26.3 Å². The van der Waals surface area contributed by atoms with Crippen LogP contribution in [0, 0.1) is 140 Å². The molecule has 1 fully saturated rings. The fourth-order valence-electron chi connectivity index (χ4n) is 8.26. The second-order valence-electron chi connectivity index (χ2n) is 23.5. The number of rotatable bonds is 0. The Bertz CT molecular complexity index is 2390. The van der Waals surface area contributed by atoms with Crippen molar-refractivity contribution in [3.05, 3.63) is 211 Å². The molecule has 87 heavy (non-hydrogen) atoms. The van der Waals surface area contributed by atoms with Gasteiger partial charge in [0.15, 0.2) is 11.6 Å². The van der Waals surface area contributed by atoms with Crippen LogP contribution < -0.4 is 0 Å². The Morgan fingerprint density at radius 1 is 0.299 bits per heavy atom. The van der Waals surface area contributed by atoms with Crippen LogP contribution in [0.15, 0.2) is 120 Å². The zero-order valence-electron chi connectivity index (χ0n) is 51.6. The van der Waals surface area contributed by atoms with Crippen molar-refractivity contribution in [3.8, 4) is 0 Å². The van der Waals surface area contributed by atoms with Crippen molar-refractivity contribution in [2.24, 2.45) is 35.5 Å². The molecule has 0 heterocycles. The second-order valence-corrected chi connectivity index (χ2v) is 23.5. The van der Waals surface area contributed by atoms with Gasteiger partial charge in [0.2, 0.25) is 0 Å². The van der Waals surface area contributed by atoms with Crippen molar-refractivity contribution in [1.82, 2.24) is 0 Å². The van der Waals surface area contributed by atoms with Gasteiger partial charge in [-0.1, -0.05) is 241 Å². The molecular weight excluding hydrogens is 1090 g/mol. The average Bonchev–Trinajstić information content (AvgIpc) is 3.40. The van der Waals surface area contributed by atoms with Crippen LogP contribution in [0.5, 0.6) is 0 Å². The molecule has 0 amide bonds. The predicted molar refractivity (Wildman–Crippen MR) is 389 cm³/mol. The lowest BCUT2D eigenvalue weighted by Crippen LogP contribution is -2.08. The molecule has 0 bridgehead atoms. The topological polar surface area (TPSA) is 0 Å². The largest absolute Gasteiger partial charge is 0.207 e. The molecule has 0 N–H and O–H groups in total. The molecule has 0 radical (unpaired) electrons. The summed E-state index contributed by atoms with van der Waals surface area (Å²) in [4.78, 5) is 0. The van der Waals surface area contributed by atoms with Crippen molar-refractivity contribution in [1.29, 1.82) is 0 Å². The first kappa shape index (κ1) is 101. The lowest BCUT2D eigenvalue weighted by molar-refractivity contribution is 0.308. The van der Waals surface area contributed by atoms with E-state index in [0.29, 0.717) is 27.8 Å². The Balaban J connectivity index is -0.0000000960. The van der Waals surface area contributed by atoms with Crippen molar-refractivity contribution in [2.75, 3.05) is 0 Å². The first-order valence-corrected chi connectivity index (χ1v) is 28.9. The van der Waals surface area contributed by atoms with Gasteiger partial charge in [-0.2, -0.15) is 0 Å². The zero-order valence-corrected chi connectivity index (χ0v) is 51.6. The molecule has 0 nitrogen and oxygen atoms in total. The van der Waals surface area contributed by atoms with E-state index in [9.17, 15) is 26.3 Å². The molecule has 0 spiro atoms. The molecule has 0 aromatic heterocycles. The molecule has 0 saturated heterocycles. The van der Waals surface area contributed by atoms with Crippen LogP contribution in [0.4, 0.5) is 26.3 Å². The van der Waals surface area contributed by atoms with E-state index in [1.807, 2.05) is 26.0 Å². The summed E-state index contributed by atoms with van der Waals surface area (Å²) in [6.07, 6.45) is 26.2. The summed E-state index contributed by atoms with van der Waals surface area (Å²) in [6.45, 7) is 36.0. The van der Waals surface area contributed by atoms with Gasteiger partial charge in [0.05, 0.1) is 0 Å². The molecule has 506 valence electrons. The number of benzene rings is 5. The maximum Gasteiger partial charge on any atom is 0.161 e. The number of hydrogen-bond acceptors (Lipinski definition) is 0. The molecule has 9 rings (SSSR count). The van der Waals surface area contributed by atoms with Crippen molar-refractivity contribution < 1.29 is 27.8 Å². The highest BCUT2D eigenvalue weighted by Crippen LogP contribution is 2.27. The van der Waals surface area contributed by atoms with Gasteiger partial charge in [-0.05, 0) is 233 Å². The molecule has 4 unspecified atom stereocenters. The van der Waals surface area contributed by atoms with Crippen LogP contribution in [0.1, 0.15) is 256 Å². The average molecular weight is 1230 g/mol. The fraction of sp³-hybridized carbons (Fsp3) is 0.556. The third kappa shape index (κ3) is 46.7. The van der Waals surface area contributed by atoms with Gasteiger partial charge in [-0.3, -0.25) is 0 Å². The third-order valence-electron chi connectivity index (χ3n) is 14.7. The highest BCUT2D eigenvalue weighted by Gasteiger charge is 2.13. The maximum absolute atomic E-state index is 12.6. The molecule has 4 aliphatic rings. The quantitative estimate of drug-likeness (QED) is 0.107. The van der Waals surface area contributed by atoms with Crippen LogP contribution in [0.3, 0.4) is 0 Å². The second kappa shape index (κ2) is 55.0. The van der Waals surface area contributed by atoms with E-state index in [0.717, 1.165) is 46.6 Å². The predicted octanol–water partition coefficient (Wildman–Crippen LogP) is 29.3. The number of halogens is 6. The Labute approximate surface area is 540 Å². The standard InChI is InChI=1S/2C8H8F2.2C8H9F.C8H16.3C8H14.C8H10.9CH4.H2/c1-5-3-7(9)6(2)8(10)4-5;1-5-3-4-6(2)8(10)7(5)9;2*1-6-3-4-7(2)8(9)5-6;5*1-7-3-5-8(2)6-4-7;;;;;;;;;;/h2*3-4H,1-2H3;2*3-5H,1-2H3;7-8H,3-6H2,1-2H3;2*3,8H,4-6H2,1-2H3;3,5,7-8H,4,6H2,1-2H3;3-6H,1-2H3;9*1H4;1H. The molecule has 1 saturated carbocycles. The lowest BCUT2D eigenvalue weighted by atomic mass is 9.84. The minimum absolute atomic E-state index is 0. The Morgan fingerprint density at radius 3 is 0.793 bits per heavy atom. The van der Waals surface area contributed by atoms with Crippen LogP contribution in [0.25, 0.3) is 0 Å². The Hall–Kier alpha value is -5.10. The minimum Gasteiger partial charge on any atom is -0.207 e. The number of hydrogen-bond donors (Lipinski definition) is 0. The summed E-state index contributed by atoms with van der Waals surface area (Å²) in [5, 5.41) is 0. The minimum atomic E-state index is -0.736. The molecular formula is C81H140F6. The van der Waals surface area contributed by atoms with Gasteiger partial charge in [-0.15, -0.1) is 0 Å². The van der Waals surface area contributed by atoms with Crippen molar-refractivity contribution >= 4 is 0 Å². The number of aryl methyl sites for hydroxylation is 9. The highest BCUT2D eigenvalue weighted by molar-refractivity contribution is 5.26. The van der Waals surface area contributed by atoms with E-state index in [1.165, 1.54) is 133 Å². The number of allylic oxidation sites excluding steroid dienone is 6. The summed E-state index contributed by atoms with van der Waals surface area (Å²) < 4.78 is 75.6. The third-order valence-corrected chi connectivity index (χ3v) is 14.7. The van der Waals surface area contributed by atoms with Gasteiger partial charge < -0.3 is 0 Å². The summed E-state index contributed by atoms with van der Waals surface area (Å²) >= 11 is 0. The van der Waals surface area contributed by atoms with Crippen molar-refractivity contribution in [2.45, 2.75) is 269 Å². The molecule has 5 aromatic carbocycles. The first-order chi connectivity index (χ1) is 36.6. The lowest BCUT2D eigenvalue weighted by Gasteiger charge is -2.22. The smallest absolute Gasteiger partial charge is 0.161 e. The first-order valence-electron chi connectivity index (χ1n) is 28.9. The molecule has 6 heteroatoms. The van der Waals surface area contributed by atoms with Crippen LogP contribution >= 0.6 is 0 Å². The summed E-state index contributed by atoms with van der Waals surface area (Å²) in [6, 6.07) is 24.7. The van der Waals surface area contributed by atoms with E-state index < -0.39 is 23.3 Å². The van der Waals surface area contributed by atoms with Gasteiger partial charge >= 0.3 is 0 Å². The monoisotopic (exact) mass is 1230 g/mol. The van der Waals surface area contributed by atoms with E-state index in [1.54, 1.807) is 56.2 Å². The van der Waals surface area contributed by atoms with Crippen LogP contribution in [-0.2, 0) is 0 Å². The van der Waals surface area contributed by atoms with Crippen LogP contribution in [0.2, 0.25) is 0 Å². The SMILES string of the molecule is C.C.C.C.C.C.C.C.C.CC1=CCC(C)CC1.CC1=CCC(C)CC1.CC1C=CC(C)CC1.CC1CCC(C)CC1.Cc1cc(F)c(C)c(F)c1.Cc1ccc(C)c(F)c1.Cc1ccc(C)c(F)c1.Cc1ccc(C)c(F)c1F.Cc1ccc(C)cc1.[HH]. The normalized spacial score (nSPS) is 17.7. The van der Waals surface area contributed by atoms with E-state index in [4.69, 9.17) is 0 Å². The van der Waals surface area contributed by atoms with Gasteiger partial charge in [0.1, 0.15) is 23.3 Å². The molecule has 0 aliphatic heterocycles. The van der Waals surface area contributed by atoms with Gasteiger partial charge in [0, 0.05) is 6.99 Å². The van der Waals surface area contributed by atoms with Crippen LogP contribution in [-0.4, -0.2) is 0 Å². The Morgan fingerprint density at radius 2 is 0.563 bits per heavy atom. The fourth-order valence-corrected chi connectivity index (χ4v) is 8.26. The summed E-state index contributed by atoms with van der Waals surface area (Å²) in [7, 11) is 0. The van der Waals surface area contributed by atoms with Gasteiger partial charge in [0.25, 0.3) is 0 Å². The molecule has 4 atom stereocenters. The van der Waals surface area contributed by atoms with E-state index >= 15 is 0 Å².